The molecule has 9 heteroatoms. The Balaban J connectivity index is 2.05. The molecule has 20 heavy (non-hydrogen) atoms. The lowest BCUT2D eigenvalue weighted by molar-refractivity contribution is -0.385. The normalized spacial score (nSPS) is 23.1. The zero-order valence-electron chi connectivity index (χ0n) is 9.79. The molecule has 0 bridgehead atoms. The summed E-state index contributed by atoms with van der Waals surface area (Å²) in [6.45, 7) is -0.503. The monoisotopic (exact) mass is 313 g/mol. The largest absolute Gasteiger partial charge is 0.367 e. The number of benzene rings is 1. The maximum absolute atomic E-state index is 13.0. The Labute approximate surface area is 115 Å². The van der Waals surface area contributed by atoms with Crippen molar-refractivity contribution in [3.05, 3.63) is 38.9 Å². The van der Waals surface area contributed by atoms with Crippen LogP contribution in [0.1, 0.15) is 12.0 Å². The van der Waals surface area contributed by atoms with E-state index in [-0.39, 0.29) is 16.3 Å². The number of nitro groups is 1. The average Bonchev–Trinajstić information content (AvgIpc) is 2.35. The van der Waals surface area contributed by atoms with E-state index < -0.39 is 35.9 Å². The third-order valence-corrected chi connectivity index (χ3v) is 3.38. The quantitative estimate of drug-likeness (QED) is 0.482. The van der Waals surface area contributed by atoms with Gasteiger partial charge in [-0.3, -0.25) is 10.1 Å². The molecule has 1 atom stereocenters. The Morgan fingerprint density at radius 1 is 1.40 bits per heavy atom. The van der Waals surface area contributed by atoms with Gasteiger partial charge in [-0.1, -0.05) is 11.6 Å². The average molecular weight is 314 g/mol. The van der Waals surface area contributed by atoms with E-state index in [0.29, 0.717) is 0 Å². The minimum absolute atomic E-state index is 0.0741. The van der Waals surface area contributed by atoms with E-state index in [2.05, 4.69) is 0 Å². The Morgan fingerprint density at radius 3 is 2.55 bits per heavy atom. The van der Waals surface area contributed by atoms with E-state index in [1.54, 1.807) is 0 Å². The number of alkyl halides is 4. The fourth-order valence-electron chi connectivity index (χ4n) is 1.74. The highest BCUT2D eigenvalue weighted by Crippen LogP contribution is 2.52. The molecule has 0 radical (unpaired) electrons. The van der Waals surface area contributed by atoms with Crippen LogP contribution in [0.2, 0.25) is 5.02 Å². The second kappa shape index (κ2) is 4.85. The zero-order chi connectivity index (χ0) is 15.1. The van der Waals surface area contributed by atoms with Crippen molar-refractivity contribution < 1.29 is 27.2 Å². The molecule has 0 amide bonds. The summed E-state index contributed by atoms with van der Waals surface area (Å²) < 4.78 is 55.8. The molecule has 4 nitrogen and oxygen atoms in total. The molecule has 1 aliphatic carbocycles. The first-order valence-corrected chi connectivity index (χ1v) is 5.83. The summed E-state index contributed by atoms with van der Waals surface area (Å²) in [4.78, 5) is 9.87. The molecule has 0 aromatic heterocycles. The van der Waals surface area contributed by atoms with E-state index in [4.69, 9.17) is 16.3 Å². The Morgan fingerprint density at radius 2 is 2.05 bits per heavy atom. The smallest absolute Gasteiger partial charge is 0.335 e. The van der Waals surface area contributed by atoms with Crippen LogP contribution in [0.3, 0.4) is 0 Å². The minimum atomic E-state index is -4.24. The van der Waals surface area contributed by atoms with Crippen molar-refractivity contribution in [1.82, 2.24) is 0 Å². The number of non-ortho nitro benzene ring substituents is 1. The fourth-order valence-corrected chi connectivity index (χ4v) is 1.91. The number of halogens is 5. The molecule has 110 valence electrons. The molecule has 0 aliphatic heterocycles. The summed E-state index contributed by atoms with van der Waals surface area (Å²) in [5.74, 6) is -8.32. The third-order valence-electron chi connectivity index (χ3n) is 3.01. The van der Waals surface area contributed by atoms with E-state index in [9.17, 15) is 27.7 Å². The number of hydrogen-bond donors (Lipinski definition) is 0. The van der Waals surface area contributed by atoms with Gasteiger partial charge in [-0.2, -0.15) is 17.6 Å². The molecule has 1 aliphatic rings. The predicted molar refractivity (Wildman–Crippen MR) is 61.2 cm³/mol. The van der Waals surface area contributed by atoms with E-state index in [1.807, 2.05) is 0 Å². The van der Waals surface area contributed by atoms with Gasteiger partial charge < -0.3 is 4.74 Å². The van der Waals surface area contributed by atoms with Crippen LogP contribution in [-0.4, -0.2) is 22.9 Å². The summed E-state index contributed by atoms with van der Waals surface area (Å²) in [6, 6.07) is 3.40. The Bertz CT molecular complexity index is 552. The van der Waals surface area contributed by atoms with Crippen LogP contribution in [0.4, 0.5) is 23.2 Å². The number of ether oxygens (including phenoxy) is 1. The predicted octanol–water partition coefficient (Wildman–Crippen LogP) is 3.81. The molecule has 1 fully saturated rings. The summed E-state index contributed by atoms with van der Waals surface area (Å²) in [5, 5.41) is 10.6. The van der Waals surface area contributed by atoms with Crippen molar-refractivity contribution in [2.75, 3.05) is 0 Å². The highest BCUT2D eigenvalue weighted by atomic mass is 35.5. The number of nitro benzene ring substituents is 1. The van der Waals surface area contributed by atoms with Crippen LogP contribution in [0, 0.1) is 10.1 Å². The molecule has 0 heterocycles. The van der Waals surface area contributed by atoms with Crippen molar-refractivity contribution in [2.24, 2.45) is 0 Å². The van der Waals surface area contributed by atoms with Crippen molar-refractivity contribution in [1.29, 1.82) is 0 Å². The van der Waals surface area contributed by atoms with E-state index in [0.717, 1.165) is 12.1 Å². The van der Waals surface area contributed by atoms with E-state index >= 15 is 0 Å². The molecule has 2 rings (SSSR count). The molecule has 1 saturated carbocycles. The first-order valence-electron chi connectivity index (χ1n) is 5.45. The second-order valence-electron chi connectivity index (χ2n) is 4.36. The van der Waals surface area contributed by atoms with Gasteiger partial charge in [0.2, 0.25) is 0 Å². The second-order valence-corrected chi connectivity index (χ2v) is 4.77. The van der Waals surface area contributed by atoms with Gasteiger partial charge in [0.25, 0.3) is 5.69 Å². The number of hydrogen-bond acceptors (Lipinski definition) is 3. The summed E-state index contributed by atoms with van der Waals surface area (Å²) in [7, 11) is 0. The Kier molecular flexibility index (Phi) is 3.64. The molecule has 0 saturated heterocycles. The number of rotatable bonds is 4. The molecule has 0 N–H and O–H groups in total. The van der Waals surface area contributed by atoms with Gasteiger partial charge in [0.15, 0.2) is 0 Å². The lowest BCUT2D eigenvalue weighted by atomic mass is 9.85. The van der Waals surface area contributed by atoms with Gasteiger partial charge in [-0.05, 0) is 6.07 Å². The van der Waals surface area contributed by atoms with Crippen LogP contribution < -0.4 is 0 Å². The highest BCUT2D eigenvalue weighted by Gasteiger charge is 2.72. The van der Waals surface area contributed by atoms with Crippen LogP contribution in [-0.2, 0) is 11.3 Å². The zero-order valence-corrected chi connectivity index (χ0v) is 10.5. The van der Waals surface area contributed by atoms with Gasteiger partial charge in [0.1, 0.15) is 6.10 Å². The van der Waals surface area contributed by atoms with Gasteiger partial charge in [-0.25, -0.2) is 0 Å². The maximum atomic E-state index is 13.0. The first-order chi connectivity index (χ1) is 9.15. The molecule has 1 aromatic rings. The van der Waals surface area contributed by atoms with Gasteiger partial charge in [0.05, 0.1) is 18.0 Å². The molecular formula is C11H8ClF4NO3. The van der Waals surface area contributed by atoms with Crippen LogP contribution in [0.5, 0.6) is 0 Å². The SMILES string of the molecule is O=[N+]([O-])c1ccc(Cl)c(COC2CC(F)(F)C2(F)F)c1. The summed E-state index contributed by atoms with van der Waals surface area (Å²) in [6.07, 6.45) is -3.01. The molecule has 1 unspecified atom stereocenters. The third kappa shape index (κ3) is 2.45. The van der Waals surface area contributed by atoms with Gasteiger partial charge in [-0.15, -0.1) is 0 Å². The minimum Gasteiger partial charge on any atom is -0.367 e. The fraction of sp³-hybridized carbons (Fsp3) is 0.455. The first kappa shape index (κ1) is 15.0. The lowest BCUT2D eigenvalue weighted by Crippen LogP contribution is -2.63. The highest BCUT2D eigenvalue weighted by molar-refractivity contribution is 6.31. The standard InChI is InChI=1S/C11H8ClF4NO3/c12-8-2-1-7(17(18)19)3-6(8)5-20-9-4-10(13,14)11(9,15)16/h1-3,9H,4-5H2. The van der Waals surface area contributed by atoms with Crippen LogP contribution in [0.15, 0.2) is 18.2 Å². The van der Waals surface area contributed by atoms with Crippen LogP contribution >= 0.6 is 11.6 Å². The van der Waals surface area contributed by atoms with Crippen molar-refractivity contribution in [3.8, 4) is 0 Å². The lowest BCUT2D eigenvalue weighted by Gasteiger charge is -2.43. The van der Waals surface area contributed by atoms with Crippen LogP contribution in [0.25, 0.3) is 0 Å². The van der Waals surface area contributed by atoms with Crippen molar-refractivity contribution in [3.63, 3.8) is 0 Å². The van der Waals surface area contributed by atoms with Gasteiger partial charge >= 0.3 is 11.8 Å². The number of nitrogens with zero attached hydrogens (tertiary/aromatic N) is 1. The summed E-state index contributed by atoms with van der Waals surface area (Å²) >= 11 is 5.73. The van der Waals surface area contributed by atoms with Crippen molar-refractivity contribution >= 4 is 17.3 Å². The molecule has 1 aromatic carbocycles. The maximum Gasteiger partial charge on any atom is 0.335 e. The van der Waals surface area contributed by atoms with E-state index in [1.165, 1.54) is 6.07 Å². The summed E-state index contributed by atoms with van der Waals surface area (Å²) in [5.41, 5.74) is -0.203. The van der Waals surface area contributed by atoms with Gasteiger partial charge in [0, 0.05) is 22.7 Å². The molecular weight excluding hydrogens is 306 g/mol. The van der Waals surface area contributed by atoms with Crippen molar-refractivity contribution in [2.45, 2.75) is 31.0 Å². The topological polar surface area (TPSA) is 52.4 Å². The molecule has 0 spiro atoms. The Hall–Kier alpha value is -1.41.